The molecule has 1 aromatic heterocycles. The number of amides is 2. The first kappa shape index (κ1) is 10.4. The summed E-state index contributed by atoms with van der Waals surface area (Å²) >= 11 is 0. The van der Waals surface area contributed by atoms with E-state index in [-0.39, 0.29) is 5.95 Å². The van der Waals surface area contributed by atoms with Crippen molar-refractivity contribution in [1.82, 2.24) is 20.1 Å². The fraction of sp³-hybridized carbons (Fsp3) is 0.500. The smallest absolute Gasteiger partial charge is 0.329 e. The molecule has 1 heterocycles. The molecule has 0 bridgehead atoms. The summed E-state index contributed by atoms with van der Waals surface area (Å²) in [4.78, 5) is 26.1. The van der Waals surface area contributed by atoms with Gasteiger partial charge in [-0.05, 0) is 12.8 Å². The van der Waals surface area contributed by atoms with Crippen LogP contribution >= 0.6 is 0 Å². The van der Waals surface area contributed by atoms with E-state index in [2.05, 4.69) is 20.7 Å². The Labute approximate surface area is 90.7 Å². The summed E-state index contributed by atoms with van der Waals surface area (Å²) in [6.07, 6.45) is 2.20. The van der Waals surface area contributed by atoms with Crippen LogP contribution in [0.15, 0.2) is 6.33 Å². The molecule has 1 aromatic rings. The molecule has 8 nitrogen and oxygen atoms in total. The highest BCUT2D eigenvalue weighted by atomic mass is 16.4. The number of aryl methyl sites for hydroxylation is 1. The number of carboxylic acids is 1. The van der Waals surface area contributed by atoms with Crippen molar-refractivity contribution in [3.05, 3.63) is 6.33 Å². The molecule has 8 heteroatoms. The van der Waals surface area contributed by atoms with Crippen molar-refractivity contribution >= 4 is 17.9 Å². The SMILES string of the molecule is Cn1ncnc1NC(=O)NC1(C(=O)O)CC1. The molecule has 1 saturated carbocycles. The second kappa shape index (κ2) is 3.47. The number of aromatic nitrogens is 3. The summed E-state index contributed by atoms with van der Waals surface area (Å²) in [5.74, 6) is -0.751. The lowest BCUT2D eigenvalue weighted by Gasteiger charge is -2.12. The maximum Gasteiger partial charge on any atom is 0.329 e. The van der Waals surface area contributed by atoms with Crippen LogP contribution in [0.2, 0.25) is 0 Å². The number of carboxylic acid groups (broad SMARTS) is 1. The van der Waals surface area contributed by atoms with Gasteiger partial charge < -0.3 is 10.4 Å². The fourth-order valence-electron chi connectivity index (χ4n) is 1.28. The van der Waals surface area contributed by atoms with Gasteiger partial charge in [-0.2, -0.15) is 10.1 Å². The first-order valence-electron chi connectivity index (χ1n) is 4.70. The number of hydrogen-bond donors (Lipinski definition) is 3. The quantitative estimate of drug-likeness (QED) is 0.645. The highest BCUT2D eigenvalue weighted by Crippen LogP contribution is 2.35. The molecule has 0 spiro atoms. The average Bonchev–Trinajstić information content (AvgIpc) is 2.88. The molecule has 0 atom stereocenters. The Balaban J connectivity index is 1.95. The zero-order valence-electron chi connectivity index (χ0n) is 8.60. The first-order chi connectivity index (χ1) is 7.53. The summed E-state index contributed by atoms with van der Waals surface area (Å²) in [7, 11) is 1.62. The van der Waals surface area contributed by atoms with Crippen LogP contribution < -0.4 is 10.6 Å². The number of carbonyl (C=O) groups excluding carboxylic acids is 1. The standard InChI is InChI=1S/C8H11N5O3/c1-13-6(9-4-10-13)11-7(16)12-8(2-3-8)5(14)15/h4H,2-3H2,1H3,(H,14,15)(H2,9,10,11,12,16). The maximum absolute atomic E-state index is 11.5. The van der Waals surface area contributed by atoms with Gasteiger partial charge in [-0.1, -0.05) is 0 Å². The van der Waals surface area contributed by atoms with E-state index in [1.807, 2.05) is 0 Å². The van der Waals surface area contributed by atoms with Crippen LogP contribution in [0.3, 0.4) is 0 Å². The average molecular weight is 225 g/mol. The lowest BCUT2D eigenvalue weighted by Crippen LogP contribution is -2.45. The minimum Gasteiger partial charge on any atom is -0.480 e. The van der Waals surface area contributed by atoms with Crippen LogP contribution in [0.5, 0.6) is 0 Å². The fourth-order valence-corrected chi connectivity index (χ4v) is 1.28. The normalized spacial score (nSPS) is 16.6. The van der Waals surface area contributed by atoms with Crippen LogP contribution in [0, 0.1) is 0 Å². The Kier molecular flexibility index (Phi) is 2.26. The van der Waals surface area contributed by atoms with Gasteiger partial charge in [0.05, 0.1) is 0 Å². The minimum atomic E-state index is -1.09. The molecule has 0 aromatic carbocycles. The van der Waals surface area contributed by atoms with E-state index < -0.39 is 17.5 Å². The zero-order valence-corrected chi connectivity index (χ0v) is 8.60. The number of nitrogens with one attached hydrogen (secondary N) is 2. The Morgan fingerprint density at radius 2 is 2.25 bits per heavy atom. The van der Waals surface area contributed by atoms with Crippen molar-refractivity contribution in [3.63, 3.8) is 0 Å². The van der Waals surface area contributed by atoms with Gasteiger partial charge in [0.1, 0.15) is 11.9 Å². The number of rotatable bonds is 3. The largest absolute Gasteiger partial charge is 0.480 e. The van der Waals surface area contributed by atoms with Crippen LogP contribution in [0.1, 0.15) is 12.8 Å². The molecular formula is C8H11N5O3. The van der Waals surface area contributed by atoms with E-state index in [0.29, 0.717) is 12.8 Å². The van der Waals surface area contributed by atoms with E-state index in [9.17, 15) is 9.59 Å². The van der Waals surface area contributed by atoms with Crippen LogP contribution in [-0.4, -0.2) is 37.4 Å². The van der Waals surface area contributed by atoms with E-state index in [0.717, 1.165) is 0 Å². The predicted molar refractivity (Wildman–Crippen MR) is 52.8 cm³/mol. The Bertz CT molecular complexity index is 437. The summed E-state index contributed by atoms with van der Waals surface area (Å²) in [5, 5.41) is 17.4. The second-order valence-corrected chi connectivity index (χ2v) is 3.67. The molecule has 0 saturated heterocycles. The highest BCUT2D eigenvalue weighted by Gasteiger charge is 2.51. The third kappa shape index (κ3) is 1.81. The molecule has 16 heavy (non-hydrogen) atoms. The third-order valence-corrected chi connectivity index (χ3v) is 2.45. The Hall–Kier alpha value is -2.12. The monoisotopic (exact) mass is 225 g/mol. The van der Waals surface area contributed by atoms with Crippen LogP contribution in [-0.2, 0) is 11.8 Å². The van der Waals surface area contributed by atoms with Crippen molar-refractivity contribution < 1.29 is 14.7 Å². The van der Waals surface area contributed by atoms with Crippen molar-refractivity contribution in [1.29, 1.82) is 0 Å². The number of aliphatic carboxylic acids is 1. The number of hydrogen-bond acceptors (Lipinski definition) is 4. The van der Waals surface area contributed by atoms with Gasteiger partial charge in [0, 0.05) is 7.05 Å². The van der Waals surface area contributed by atoms with Gasteiger partial charge in [-0.15, -0.1) is 0 Å². The van der Waals surface area contributed by atoms with Gasteiger partial charge >= 0.3 is 12.0 Å². The Morgan fingerprint density at radius 3 is 2.69 bits per heavy atom. The molecule has 0 unspecified atom stereocenters. The third-order valence-electron chi connectivity index (χ3n) is 2.45. The molecule has 2 rings (SSSR count). The number of carbonyl (C=O) groups is 2. The Morgan fingerprint density at radius 1 is 1.56 bits per heavy atom. The van der Waals surface area contributed by atoms with Gasteiger partial charge in [0.25, 0.3) is 0 Å². The van der Waals surface area contributed by atoms with Gasteiger partial charge in [0.15, 0.2) is 0 Å². The number of nitrogens with zero attached hydrogens (tertiary/aromatic N) is 3. The topological polar surface area (TPSA) is 109 Å². The summed E-state index contributed by atoms with van der Waals surface area (Å²) in [6, 6.07) is -0.587. The van der Waals surface area contributed by atoms with Crippen molar-refractivity contribution in [3.8, 4) is 0 Å². The summed E-state index contributed by atoms with van der Waals surface area (Å²) < 4.78 is 1.37. The molecule has 0 radical (unpaired) electrons. The summed E-state index contributed by atoms with van der Waals surface area (Å²) in [6.45, 7) is 0. The first-order valence-corrected chi connectivity index (χ1v) is 4.70. The van der Waals surface area contributed by atoms with Crippen LogP contribution in [0.4, 0.5) is 10.7 Å². The maximum atomic E-state index is 11.5. The number of anilines is 1. The molecular weight excluding hydrogens is 214 g/mol. The minimum absolute atomic E-state index is 0.263. The molecule has 3 N–H and O–H groups in total. The van der Waals surface area contributed by atoms with E-state index in [1.54, 1.807) is 7.05 Å². The van der Waals surface area contributed by atoms with Crippen molar-refractivity contribution in [2.45, 2.75) is 18.4 Å². The van der Waals surface area contributed by atoms with Gasteiger partial charge in [-0.25, -0.2) is 14.3 Å². The van der Waals surface area contributed by atoms with Crippen molar-refractivity contribution in [2.24, 2.45) is 7.05 Å². The number of urea groups is 1. The predicted octanol–water partition coefficient (Wildman–Crippen LogP) is -0.446. The summed E-state index contributed by atoms with van der Waals surface area (Å²) in [5.41, 5.74) is -1.09. The molecule has 2 amide bonds. The van der Waals surface area contributed by atoms with E-state index in [4.69, 9.17) is 5.11 Å². The van der Waals surface area contributed by atoms with Crippen LogP contribution in [0.25, 0.3) is 0 Å². The molecule has 1 aliphatic carbocycles. The molecule has 1 aliphatic rings. The lowest BCUT2D eigenvalue weighted by molar-refractivity contribution is -0.140. The van der Waals surface area contributed by atoms with Gasteiger partial charge in [-0.3, -0.25) is 5.32 Å². The second-order valence-electron chi connectivity index (χ2n) is 3.67. The zero-order chi connectivity index (χ0) is 11.8. The molecule has 1 fully saturated rings. The van der Waals surface area contributed by atoms with Gasteiger partial charge in [0.2, 0.25) is 5.95 Å². The lowest BCUT2D eigenvalue weighted by atomic mass is 10.3. The van der Waals surface area contributed by atoms with E-state index >= 15 is 0 Å². The molecule has 0 aliphatic heterocycles. The molecule has 86 valence electrons. The van der Waals surface area contributed by atoms with E-state index in [1.165, 1.54) is 11.0 Å². The highest BCUT2D eigenvalue weighted by molar-refractivity contribution is 5.94. The van der Waals surface area contributed by atoms with Crippen molar-refractivity contribution in [2.75, 3.05) is 5.32 Å².